The van der Waals surface area contributed by atoms with E-state index in [1.54, 1.807) is 12.1 Å². The molecule has 1 aromatic heterocycles. The maximum absolute atomic E-state index is 5.65. The van der Waals surface area contributed by atoms with Gasteiger partial charge in [0.05, 0.1) is 4.47 Å². The van der Waals surface area contributed by atoms with E-state index in [1.165, 1.54) is 11.3 Å². The van der Waals surface area contributed by atoms with Crippen molar-refractivity contribution < 1.29 is 4.74 Å². The van der Waals surface area contributed by atoms with Crippen LogP contribution in [0.3, 0.4) is 0 Å². The summed E-state index contributed by atoms with van der Waals surface area (Å²) in [7, 11) is 0. The molecule has 15 heavy (non-hydrogen) atoms. The van der Waals surface area contributed by atoms with Crippen molar-refractivity contribution in [2.45, 2.75) is 6.92 Å². The van der Waals surface area contributed by atoms with E-state index in [4.69, 9.17) is 10.5 Å². The Kier molecular flexibility index (Phi) is 2.88. The first-order chi connectivity index (χ1) is 7.15. The second-order valence-electron chi connectivity index (χ2n) is 2.88. The molecule has 4 nitrogen and oxygen atoms in total. The van der Waals surface area contributed by atoms with Crippen molar-refractivity contribution in [1.82, 2.24) is 10.2 Å². The maximum atomic E-state index is 5.65. The van der Waals surface area contributed by atoms with Crippen molar-refractivity contribution in [1.29, 1.82) is 0 Å². The smallest absolute Gasteiger partial charge is 0.299 e. The molecule has 78 valence electrons. The van der Waals surface area contributed by atoms with Crippen LogP contribution >= 0.6 is 27.3 Å². The van der Waals surface area contributed by atoms with Crippen LogP contribution in [-0.4, -0.2) is 10.2 Å². The van der Waals surface area contributed by atoms with E-state index in [-0.39, 0.29) is 0 Å². The average Bonchev–Trinajstić information content (AvgIpc) is 2.58. The van der Waals surface area contributed by atoms with Crippen LogP contribution in [0.25, 0.3) is 0 Å². The van der Waals surface area contributed by atoms with Crippen LogP contribution in [0.1, 0.15) is 5.01 Å². The van der Waals surface area contributed by atoms with Crippen LogP contribution in [0.4, 0.5) is 5.69 Å². The summed E-state index contributed by atoms with van der Waals surface area (Å²) in [4.78, 5) is 0. The van der Waals surface area contributed by atoms with Gasteiger partial charge < -0.3 is 10.5 Å². The summed E-state index contributed by atoms with van der Waals surface area (Å²) in [6.45, 7) is 1.87. The molecule has 1 heterocycles. The van der Waals surface area contributed by atoms with Crippen LogP contribution in [0.2, 0.25) is 0 Å². The number of benzene rings is 1. The van der Waals surface area contributed by atoms with Gasteiger partial charge >= 0.3 is 0 Å². The number of hydrogen-bond acceptors (Lipinski definition) is 5. The minimum Gasteiger partial charge on any atom is -0.429 e. The van der Waals surface area contributed by atoms with Gasteiger partial charge in [-0.2, -0.15) is 0 Å². The van der Waals surface area contributed by atoms with Gasteiger partial charge in [0.25, 0.3) is 5.19 Å². The third-order valence-corrected chi connectivity index (χ3v) is 3.03. The molecule has 0 fully saturated rings. The van der Waals surface area contributed by atoms with E-state index < -0.39 is 0 Å². The summed E-state index contributed by atoms with van der Waals surface area (Å²) < 4.78 is 6.37. The summed E-state index contributed by atoms with van der Waals surface area (Å²) in [6.07, 6.45) is 0. The zero-order valence-electron chi connectivity index (χ0n) is 7.90. The molecule has 2 N–H and O–H groups in total. The van der Waals surface area contributed by atoms with Crippen LogP contribution < -0.4 is 10.5 Å². The van der Waals surface area contributed by atoms with Crippen LogP contribution in [0, 0.1) is 6.92 Å². The molecule has 0 bridgehead atoms. The number of hydrogen-bond donors (Lipinski definition) is 1. The van der Waals surface area contributed by atoms with Crippen molar-refractivity contribution in [3.63, 3.8) is 0 Å². The first kappa shape index (κ1) is 10.4. The molecule has 0 radical (unpaired) electrons. The van der Waals surface area contributed by atoms with Crippen molar-refractivity contribution >= 4 is 33.0 Å². The Morgan fingerprint density at radius 3 is 2.87 bits per heavy atom. The molecule has 0 amide bonds. The zero-order valence-corrected chi connectivity index (χ0v) is 10.3. The fourth-order valence-corrected chi connectivity index (χ4v) is 1.89. The number of nitrogens with two attached hydrogens (primary N) is 1. The Morgan fingerprint density at radius 2 is 2.20 bits per heavy atom. The predicted octanol–water partition coefficient (Wildman–Crippen LogP) is 2.98. The summed E-state index contributed by atoms with van der Waals surface area (Å²) >= 11 is 4.76. The molecular formula is C9H8BrN3OS. The molecule has 0 unspecified atom stereocenters. The highest BCUT2D eigenvalue weighted by atomic mass is 79.9. The average molecular weight is 286 g/mol. The second-order valence-corrected chi connectivity index (χ2v) is 4.88. The van der Waals surface area contributed by atoms with Gasteiger partial charge in [0, 0.05) is 11.8 Å². The van der Waals surface area contributed by atoms with Gasteiger partial charge in [0.1, 0.15) is 10.8 Å². The third kappa shape index (κ3) is 2.45. The lowest BCUT2D eigenvalue weighted by atomic mass is 10.3. The second kappa shape index (κ2) is 4.16. The fraction of sp³-hybridized carbons (Fsp3) is 0.111. The van der Waals surface area contributed by atoms with Gasteiger partial charge in [-0.15, -0.1) is 5.10 Å². The molecular weight excluding hydrogens is 278 g/mol. The maximum Gasteiger partial charge on any atom is 0.299 e. The summed E-state index contributed by atoms with van der Waals surface area (Å²) in [5, 5.41) is 9.11. The molecule has 0 saturated heterocycles. The Morgan fingerprint density at radius 1 is 1.40 bits per heavy atom. The van der Waals surface area contributed by atoms with Gasteiger partial charge in [-0.1, -0.05) is 16.4 Å². The largest absolute Gasteiger partial charge is 0.429 e. The number of nitrogen functional groups attached to an aromatic ring is 1. The zero-order chi connectivity index (χ0) is 10.8. The summed E-state index contributed by atoms with van der Waals surface area (Å²) in [5.41, 5.74) is 6.30. The van der Waals surface area contributed by atoms with Gasteiger partial charge in [-0.3, -0.25) is 0 Å². The Hall–Kier alpha value is -1.14. The van der Waals surface area contributed by atoms with Crippen LogP contribution in [-0.2, 0) is 0 Å². The highest BCUT2D eigenvalue weighted by Crippen LogP contribution is 2.32. The SMILES string of the molecule is Cc1nnc(Oc2cc(N)ccc2Br)s1. The Labute approximate surface area is 99.2 Å². The standard InChI is InChI=1S/C9H8BrN3OS/c1-5-12-13-9(15-5)14-8-4-6(11)2-3-7(8)10/h2-4H,11H2,1H3. The van der Waals surface area contributed by atoms with Gasteiger partial charge in [0.15, 0.2) is 0 Å². The predicted molar refractivity (Wildman–Crippen MR) is 63.3 cm³/mol. The number of halogens is 1. The van der Waals surface area contributed by atoms with Crippen molar-refractivity contribution in [3.05, 3.63) is 27.7 Å². The molecule has 6 heteroatoms. The summed E-state index contributed by atoms with van der Waals surface area (Å²) in [6, 6.07) is 5.36. The minimum absolute atomic E-state index is 0.513. The Balaban J connectivity index is 2.27. The number of nitrogens with zero attached hydrogens (tertiary/aromatic N) is 2. The lowest BCUT2D eigenvalue weighted by Crippen LogP contribution is -1.88. The monoisotopic (exact) mass is 285 g/mol. The third-order valence-electron chi connectivity index (χ3n) is 1.66. The van der Waals surface area contributed by atoms with Gasteiger partial charge in [0.2, 0.25) is 0 Å². The first-order valence-corrected chi connectivity index (χ1v) is 5.79. The molecule has 1 aromatic carbocycles. The molecule has 0 spiro atoms. The Bertz CT molecular complexity index is 486. The number of ether oxygens (including phenoxy) is 1. The number of aromatic nitrogens is 2. The normalized spacial score (nSPS) is 10.3. The molecule has 0 aliphatic heterocycles. The minimum atomic E-state index is 0.513. The number of anilines is 1. The van der Waals surface area contributed by atoms with Crippen molar-refractivity contribution in [2.24, 2.45) is 0 Å². The lowest BCUT2D eigenvalue weighted by molar-refractivity contribution is 0.470. The molecule has 2 aromatic rings. The van der Waals surface area contributed by atoms with E-state index in [0.29, 0.717) is 16.6 Å². The van der Waals surface area contributed by atoms with E-state index in [9.17, 15) is 0 Å². The molecule has 0 saturated carbocycles. The highest BCUT2D eigenvalue weighted by Gasteiger charge is 2.06. The van der Waals surface area contributed by atoms with Crippen molar-refractivity contribution in [2.75, 3.05) is 5.73 Å². The molecule has 2 rings (SSSR count). The van der Waals surface area contributed by atoms with Crippen LogP contribution in [0.15, 0.2) is 22.7 Å². The van der Waals surface area contributed by atoms with E-state index >= 15 is 0 Å². The van der Waals surface area contributed by atoms with Crippen molar-refractivity contribution in [3.8, 4) is 10.9 Å². The molecule has 0 aliphatic carbocycles. The quantitative estimate of drug-likeness (QED) is 0.862. The van der Waals surface area contributed by atoms with Gasteiger partial charge in [-0.05, 0) is 35.0 Å². The number of aryl methyl sites for hydroxylation is 1. The first-order valence-electron chi connectivity index (χ1n) is 4.18. The van der Waals surface area contributed by atoms with E-state index in [1.807, 2.05) is 13.0 Å². The van der Waals surface area contributed by atoms with E-state index in [2.05, 4.69) is 26.1 Å². The lowest BCUT2D eigenvalue weighted by Gasteiger charge is -2.04. The highest BCUT2D eigenvalue weighted by molar-refractivity contribution is 9.10. The number of rotatable bonds is 2. The topological polar surface area (TPSA) is 61.0 Å². The molecule has 0 atom stereocenters. The fourth-order valence-electron chi connectivity index (χ4n) is 1.01. The summed E-state index contributed by atoms with van der Waals surface area (Å²) in [5.74, 6) is 0.645. The van der Waals surface area contributed by atoms with Gasteiger partial charge in [-0.25, -0.2) is 0 Å². The van der Waals surface area contributed by atoms with E-state index in [0.717, 1.165) is 9.48 Å². The molecule has 0 aliphatic rings. The van der Waals surface area contributed by atoms with Crippen LogP contribution in [0.5, 0.6) is 10.9 Å².